The Hall–Kier alpha value is -2.85. The van der Waals surface area contributed by atoms with E-state index in [0.717, 1.165) is 75.6 Å². The van der Waals surface area contributed by atoms with Crippen LogP contribution >= 0.6 is 0 Å². The SMILES string of the molecule is CC(=O)OC(CCCC(C)O)CC(OC(=O)C12CCCCC1CCC(=O)N2)C1(C2CCC3CCOc4c(O)ccc2c43)CCNCC1. The van der Waals surface area contributed by atoms with Crippen molar-refractivity contribution in [3.05, 3.63) is 23.3 Å². The summed E-state index contributed by atoms with van der Waals surface area (Å²) in [5.74, 6) is 0.305. The molecule has 7 atom stereocenters. The summed E-state index contributed by atoms with van der Waals surface area (Å²) in [4.78, 5) is 39.9. The number of ether oxygens (including phenoxy) is 3. The zero-order valence-electron chi connectivity index (χ0n) is 28.2. The minimum Gasteiger partial charge on any atom is -0.504 e. The summed E-state index contributed by atoms with van der Waals surface area (Å²) >= 11 is 0. The molecule has 0 bridgehead atoms. The van der Waals surface area contributed by atoms with Crippen LogP contribution in [0.4, 0.5) is 0 Å². The van der Waals surface area contributed by atoms with Gasteiger partial charge in [-0.3, -0.25) is 9.59 Å². The lowest BCUT2D eigenvalue weighted by atomic mass is 9.57. The van der Waals surface area contributed by atoms with E-state index in [4.69, 9.17) is 14.2 Å². The molecule has 0 radical (unpaired) electrons. The smallest absolute Gasteiger partial charge is 0.332 e. The molecule has 2 aliphatic carbocycles. The number of nitrogens with one attached hydrogen (secondary N) is 2. The fraction of sp³-hybridized carbons (Fsp3) is 0.757. The number of phenols is 1. The zero-order valence-corrected chi connectivity index (χ0v) is 28.2. The van der Waals surface area contributed by atoms with Crippen LogP contribution in [0, 0.1) is 11.3 Å². The van der Waals surface area contributed by atoms with Gasteiger partial charge in [-0.15, -0.1) is 0 Å². The number of hydrogen-bond donors (Lipinski definition) is 4. The quantitative estimate of drug-likeness (QED) is 0.239. The molecular weight excluding hydrogens is 600 g/mol. The molecule has 5 aliphatic rings. The van der Waals surface area contributed by atoms with E-state index in [2.05, 4.69) is 10.6 Å². The number of aliphatic hydroxyl groups excluding tert-OH is 1. The second-order valence-corrected chi connectivity index (χ2v) is 15.0. The molecule has 10 nitrogen and oxygen atoms in total. The molecule has 47 heavy (non-hydrogen) atoms. The zero-order chi connectivity index (χ0) is 33.2. The summed E-state index contributed by atoms with van der Waals surface area (Å²) < 4.78 is 18.8. The number of hydrogen-bond acceptors (Lipinski definition) is 9. The lowest BCUT2D eigenvalue weighted by molar-refractivity contribution is -0.180. The van der Waals surface area contributed by atoms with E-state index in [1.165, 1.54) is 6.92 Å². The van der Waals surface area contributed by atoms with E-state index in [9.17, 15) is 24.6 Å². The molecule has 3 heterocycles. The average molecular weight is 655 g/mol. The highest BCUT2D eigenvalue weighted by molar-refractivity contribution is 5.90. The first-order valence-electron chi connectivity index (χ1n) is 18.2. The van der Waals surface area contributed by atoms with Gasteiger partial charge in [0.1, 0.15) is 17.7 Å². The van der Waals surface area contributed by atoms with E-state index < -0.39 is 29.3 Å². The Morgan fingerprint density at radius 1 is 1.04 bits per heavy atom. The van der Waals surface area contributed by atoms with Crippen molar-refractivity contribution in [2.75, 3.05) is 19.7 Å². The predicted molar refractivity (Wildman–Crippen MR) is 175 cm³/mol. The highest BCUT2D eigenvalue weighted by Crippen LogP contribution is 2.59. The number of carbonyl (C=O) groups is 3. The third-order valence-electron chi connectivity index (χ3n) is 12.1. The Bertz CT molecular complexity index is 1310. The first kappa shape index (κ1) is 34.0. The Kier molecular flexibility index (Phi) is 10.4. The van der Waals surface area contributed by atoms with Crippen molar-refractivity contribution in [2.45, 2.75) is 146 Å². The molecule has 1 aromatic carbocycles. The summed E-state index contributed by atoms with van der Waals surface area (Å²) in [6, 6.07) is 3.79. The number of piperidine rings is 2. The number of phenolic OH excluding ortho intramolecular Hbond substituents is 1. The van der Waals surface area contributed by atoms with Crippen LogP contribution in [0.15, 0.2) is 12.1 Å². The summed E-state index contributed by atoms with van der Waals surface area (Å²) in [5, 5.41) is 27.4. The summed E-state index contributed by atoms with van der Waals surface area (Å²) in [6.45, 7) is 5.27. The van der Waals surface area contributed by atoms with Gasteiger partial charge in [-0.05, 0) is 120 Å². The molecular formula is C37H54N2O8. The Morgan fingerprint density at radius 3 is 2.62 bits per heavy atom. The highest BCUT2D eigenvalue weighted by Gasteiger charge is 2.56. The van der Waals surface area contributed by atoms with Crippen LogP contribution in [0.1, 0.15) is 133 Å². The molecule has 10 heteroatoms. The molecule has 2 saturated heterocycles. The maximum atomic E-state index is 14.7. The molecule has 260 valence electrons. The van der Waals surface area contributed by atoms with Crippen molar-refractivity contribution in [2.24, 2.45) is 11.3 Å². The molecule has 0 spiro atoms. The largest absolute Gasteiger partial charge is 0.504 e. The van der Waals surface area contributed by atoms with Crippen LogP contribution in [-0.2, 0) is 23.9 Å². The van der Waals surface area contributed by atoms with Crippen LogP contribution in [0.5, 0.6) is 11.5 Å². The van der Waals surface area contributed by atoms with E-state index >= 15 is 0 Å². The lowest BCUT2D eigenvalue weighted by Crippen LogP contribution is -2.65. The summed E-state index contributed by atoms with van der Waals surface area (Å²) in [5.41, 5.74) is 0.742. The van der Waals surface area contributed by atoms with Crippen molar-refractivity contribution >= 4 is 17.8 Å². The number of aliphatic hydroxyl groups is 1. The van der Waals surface area contributed by atoms with Gasteiger partial charge in [-0.2, -0.15) is 0 Å². The van der Waals surface area contributed by atoms with Gasteiger partial charge in [0.2, 0.25) is 5.91 Å². The van der Waals surface area contributed by atoms with Gasteiger partial charge in [-0.1, -0.05) is 18.9 Å². The maximum Gasteiger partial charge on any atom is 0.332 e. The monoisotopic (exact) mass is 654 g/mol. The number of carbonyl (C=O) groups excluding carboxylic acids is 3. The van der Waals surface area contributed by atoms with Crippen LogP contribution in [0.2, 0.25) is 0 Å². The third kappa shape index (κ3) is 6.87. The molecule has 3 fully saturated rings. The Labute approximate surface area is 278 Å². The van der Waals surface area contributed by atoms with E-state index in [-0.39, 0.29) is 35.4 Å². The van der Waals surface area contributed by atoms with Crippen molar-refractivity contribution in [3.63, 3.8) is 0 Å². The first-order valence-corrected chi connectivity index (χ1v) is 18.2. The van der Waals surface area contributed by atoms with Crippen LogP contribution < -0.4 is 15.4 Å². The van der Waals surface area contributed by atoms with Crippen molar-refractivity contribution in [1.29, 1.82) is 0 Å². The van der Waals surface area contributed by atoms with Gasteiger partial charge < -0.3 is 35.1 Å². The topological polar surface area (TPSA) is 143 Å². The van der Waals surface area contributed by atoms with Crippen LogP contribution in [0.25, 0.3) is 0 Å². The number of benzene rings is 1. The van der Waals surface area contributed by atoms with Crippen molar-refractivity contribution < 1.29 is 38.8 Å². The van der Waals surface area contributed by atoms with Crippen LogP contribution in [-0.4, -0.2) is 71.6 Å². The van der Waals surface area contributed by atoms with Gasteiger partial charge in [0, 0.05) is 30.7 Å². The molecule has 1 saturated carbocycles. The molecule has 1 amide bonds. The molecule has 0 aromatic heterocycles. The summed E-state index contributed by atoms with van der Waals surface area (Å²) in [7, 11) is 0. The Morgan fingerprint density at radius 2 is 1.85 bits per heavy atom. The second-order valence-electron chi connectivity index (χ2n) is 15.0. The normalized spacial score (nSPS) is 29.9. The van der Waals surface area contributed by atoms with Gasteiger partial charge in [0.25, 0.3) is 0 Å². The van der Waals surface area contributed by atoms with Gasteiger partial charge >= 0.3 is 11.9 Å². The predicted octanol–water partition coefficient (Wildman–Crippen LogP) is 5.13. The second kappa shape index (κ2) is 14.3. The fourth-order valence-electron chi connectivity index (χ4n) is 9.83. The fourth-order valence-corrected chi connectivity index (χ4v) is 9.83. The van der Waals surface area contributed by atoms with Gasteiger partial charge in [-0.25, -0.2) is 4.79 Å². The number of rotatable bonds is 11. The minimum absolute atomic E-state index is 0.0331. The average Bonchev–Trinajstić information content (AvgIpc) is 3.05. The summed E-state index contributed by atoms with van der Waals surface area (Å²) in [6.07, 6.45) is 9.34. The minimum atomic E-state index is -1.04. The van der Waals surface area contributed by atoms with E-state index in [1.54, 1.807) is 13.0 Å². The number of fused-ring (bicyclic) bond motifs is 1. The molecule has 3 aliphatic heterocycles. The Balaban J connectivity index is 1.41. The van der Waals surface area contributed by atoms with E-state index in [1.807, 2.05) is 6.07 Å². The number of esters is 2. The standard InChI is InChI=1S/C37H54N2O8/c1-23(40)6-5-8-27(46-24(2)41)22-31(47-35(44)37-16-4-3-7-26(37)10-14-32(43)39-37)36(17-19-38-20-18-36)29-12-9-25-15-21-45-34-30(42)13-11-28(29)33(25)34/h11,13,23,25-27,29,31,38,40,42H,3-10,12,14-22H2,1-2H3,(H,39,43). The number of amides is 1. The van der Waals surface area contributed by atoms with Gasteiger partial charge in [0.05, 0.1) is 12.7 Å². The molecule has 1 aromatic rings. The van der Waals surface area contributed by atoms with Crippen molar-refractivity contribution in [3.8, 4) is 11.5 Å². The first-order chi connectivity index (χ1) is 22.6. The molecule has 4 N–H and O–H groups in total. The van der Waals surface area contributed by atoms with Crippen LogP contribution in [0.3, 0.4) is 0 Å². The number of aromatic hydroxyl groups is 1. The third-order valence-corrected chi connectivity index (χ3v) is 12.1. The molecule has 6 rings (SSSR count). The van der Waals surface area contributed by atoms with Crippen molar-refractivity contribution in [1.82, 2.24) is 10.6 Å². The lowest BCUT2D eigenvalue weighted by Gasteiger charge is -2.53. The van der Waals surface area contributed by atoms with E-state index in [0.29, 0.717) is 63.2 Å². The van der Waals surface area contributed by atoms with Gasteiger partial charge in [0.15, 0.2) is 11.5 Å². The highest BCUT2D eigenvalue weighted by atomic mass is 16.6. The molecule has 7 unspecified atom stereocenters. The maximum absolute atomic E-state index is 14.7.